The van der Waals surface area contributed by atoms with Gasteiger partial charge in [0.05, 0.1) is 16.7 Å². The lowest BCUT2D eigenvalue weighted by Gasteiger charge is -2.11. The first-order valence-corrected chi connectivity index (χ1v) is 9.74. The van der Waals surface area contributed by atoms with Crippen molar-refractivity contribution in [1.29, 1.82) is 0 Å². The Balaban J connectivity index is 2.08. The molecule has 0 amide bonds. The second-order valence-corrected chi connectivity index (χ2v) is 6.77. The number of carbonyl (C=O) groups excluding carboxylic acids is 1. The molecule has 0 radical (unpaired) electrons. The van der Waals surface area contributed by atoms with Crippen molar-refractivity contribution in [3.63, 3.8) is 0 Å². The maximum atomic E-state index is 12.9. The van der Waals surface area contributed by atoms with Crippen LogP contribution in [0.25, 0.3) is 16.7 Å². The number of hydrogen-bond donors (Lipinski definition) is 0. The average Bonchev–Trinajstić information content (AvgIpc) is 3.09. The van der Waals surface area contributed by atoms with Crippen LogP contribution in [0, 0.1) is 0 Å². The number of carbonyl (C=O) groups is 1. The number of aryl methyl sites for hydroxylation is 1. The maximum absolute atomic E-state index is 12.9. The Morgan fingerprint density at radius 3 is 2.81 bits per heavy atom. The molecule has 0 aliphatic rings. The zero-order chi connectivity index (χ0) is 18.5. The van der Waals surface area contributed by atoms with Crippen LogP contribution in [0.2, 0.25) is 0 Å². The summed E-state index contributed by atoms with van der Waals surface area (Å²) in [5.74, 6) is 0.993. The zero-order valence-corrected chi connectivity index (χ0v) is 15.8. The Kier molecular flexibility index (Phi) is 6.05. The number of benzene rings is 1. The highest BCUT2D eigenvalue weighted by Crippen LogP contribution is 2.21. The van der Waals surface area contributed by atoms with Gasteiger partial charge in [0.25, 0.3) is 5.56 Å². The minimum absolute atomic E-state index is 0.0850. The predicted octanol–water partition coefficient (Wildman–Crippen LogP) is 2.54. The number of para-hydroxylation sites is 1. The molecule has 0 spiro atoms. The van der Waals surface area contributed by atoms with E-state index in [0.29, 0.717) is 54.7 Å². The Bertz CT molecular complexity index is 980. The van der Waals surface area contributed by atoms with Crippen LogP contribution in [0.15, 0.2) is 34.2 Å². The molecule has 138 valence electrons. The summed E-state index contributed by atoms with van der Waals surface area (Å²) < 4.78 is 8.88. The van der Waals surface area contributed by atoms with Crippen molar-refractivity contribution >= 4 is 34.2 Å². The molecule has 0 unspecified atom stereocenters. The Labute approximate surface area is 155 Å². The predicted molar refractivity (Wildman–Crippen MR) is 102 cm³/mol. The van der Waals surface area contributed by atoms with E-state index in [-0.39, 0.29) is 11.3 Å². The Morgan fingerprint density at radius 1 is 1.23 bits per heavy atom. The third kappa shape index (κ3) is 3.66. The number of nitrogens with zero attached hydrogens (tertiary/aromatic N) is 4. The molecule has 0 aliphatic heterocycles. The normalized spacial score (nSPS) is 11.5. The summed E-state index contributed by atoms with van der Waals surface area (Å²) in [7, 11) is 0. The maximum Gasteiger partial charge on any atom is 0.262 e. The van der Waals surface area contributed by atoms with Gasteiger partial charge in [-0.1, -0.05) is 30.8 Å². The van der Waals surface area contributed by atoms with Crippen LogP contribution in [0.5, 0.6) is 0 Å². The highest BCUT2D eigenvalue weighted by molar-refractivity contribution is 7.99. The smallest absolute Gasteiger partial charge is 0.262 e. The molecule has 7 nitrogen and oxygen atoms in total. The molecule has 0 atom stereocenters. The molecular formula is C18H22N4O3S. The molecule has 3 rings (SSSR count). The van der Waals surface area contributed by atoms with E-state index in [1.807, 2.05) is 42.5 Å². The standard InChI is InChI=1S/C18H22N4O3S/c1-3-13(23)12-26-18-20-19-17-21(10-7-11-25-4-2)16(24)14-8-5-6-9-15(14)22(17)18/h5-6,8-9H,3-4,7,10-12H2,1-2H3. The highest BCUT2D eigenvalue weighted by atomic mass is 32.2. The van der Waals surface area contributed by atoms with E-state index in [2.05, 4.69) is 10.2 Å². The first-order chi connectivity index (χ1) is 12.7. The molecule has 26 heavy (non-hydrogen) atoms. The van der Waals surface area contributed by atoms with Gasteiger partial charge in [-0.15, -0.1) is 10.2 Å². The van der Waals surface area contributed by atoms with E-state index in [4.69, 9.17) is 4.74 Å². The first-order valence-electron chi connectivity index (χ1n) is 8.76. The van der Waals surface area contributed by atoms with Gasteiger partial charge >= 0.3 is 0 Å². The van der Waals surface area contributed by atoms with E-state index < -0.39 is 0 Å². The van der Waals surface area contributed by atoms with Gasteiger partial charge in [-0.05, 0) is 25.5 Å². The van der Waals surface area contributed by atoms with Crippen molar-refractivity contribution < 1.29 is 9.53 Å². The molecule has 2 aromatic heterocycles. The molecule has 0 saturated heterocycles. The van der Waals surface area contributed by atoms with Gasteiger partial charge in [-0.25, -0.2) is 0 Å². The highest BCUT2D eigenvalue weighted by Gasteiger charge is 2.17. The summed E-state index contributed by atoms with van der Waals surface area (Å²) in [6, 6.07) is 7.41. The SMILES string of the molecule is CCOCCCn1c(=O)c2ccccc2n2c(SCC(=O)CC)nnc12. The van der Waals surface area contributed by atoms with E-state index in [1.165, 1.54) is 11.8 Å². The fraction of sp³-hybridized carbons (Fsp3) is 0.444. The molecule has 0 aliphatic carbocycles. The Morgan fingerprint density at radius 2 is 2.04 bits per heavy atom. The number of rotatable bonds is 9. The number of thioether (sulfide) groups is 1. The van der Waals surface area contributed by atoms with Crippen LogP contribution in [-0.2, 0) is 16.1 Å². The molecule has 0 fully saturated rings. The third-order valence-corrected chi connectivity index (χ3v) is 5.10. The molecular weight excluding hydrogens is 352 g/mol. The van der Waals surface area contributed by atoms with Crippen LogP contribution in [0.3, 0.4) is 0 Å². The average molecular weight is 374 g/mol. The van der Waals surface area contributed by atoms with Crippen molar-refractivity contribution in [2.75, 3.05) is 19.0 Å². The van der Waals surface area contributed by atoms with Gasteiger partial charge in [0.1, 0.15) is 5.78 Å². The van der Waals surface area contributed by atoms with Gasteiger partial charge in [0.15, 0.2) is 5.16 Å². The topological polar surface area (TPSA) is 78.5 Å². The fourth-order valence-electron chi connectivity index (χ4n) is 2.74. The number of ether oxygens (including phenoxy) is 1. The lowest BCUT2D eigenvalue weighted by Crippen LogP contribution is -2.24. The summed E-state index contributed by atoms with van der Waals surface area (Å²) in [5.41, 5.74) is 0.670. The van der Waals surface area contributed by atoms with Crippen molar-refractivity contribution in [2.24, 2.45) is 0 Å². The number of hydrogen-bond acceptors (Lipinski definition) is 6. The van der Waals surface area contributed by atoms with Crippen LogP contribution in [-0.4, -0.2) is 43.9 Å². The second kappa shape index (κ2) is 8.46. The summed E-state index contributed by atoms with van der Waals surface area (Å²) in [4.78, 5) is 24.6. The van der Waals surface area contributed by atoms with Gasteiger partial charge in [-0.3, -0.25) is 18.6 Å². The van der Waals surface area contributed by atoms with Crippen molar-refractivity contribution in [2.45, 2.75) is 38.4 Å². The fourth-order valence-corrected chi connectivity index (χ4v) is 3.65. The van der Waals surface area contributed by atoms with E-state index in [1.54, 1.807) is 4.57 Å². The molecule has 2 heterocycles. The van der Waals surface area contributed by atoms with Gasteiger partial charge < -0.3 is 4.74 Å². The minimum atomic E-state index is -0.0850. The summed E-state index contributed by atoms with van der Waals surface area (Å²) in [6.45, 7) is 5.53. The molecule has 3 aromatic rings. The first kappa shape index (κ1) is 18.6. The number of Topliss-reactive ketones (excluding diaryl/α,β-unsaturated/α-hetero) is 1. The summed E-state index contributed by atoms with van der Waals surface area (Å²) in [5, 5.41) is 9.70. The lowest BCUT2D eigenvalue weighted by atomic mass is 10.2. The van der Waals surface area contributed by atoms with Crippen molar-refractivity contribution in [1.82, 2.24) is 19.2 Å². The zero-order valence-electron chi connectivity index (χ0n) is 15.0. The van der Waals surface area contributed by atoms with Gasteiger partial charge in [-0.2, -0.15) is 0 Å². The van der Waals surface area contributed by atoms with Crippen LogP contribution < -0.4 is 5.56 Å². The van der Waals surface area contributed by atoms with Gasteiger partial charge in [0, 0.05) is 26.2 Å². The van der Waals surface area contributed by atoms with Crippen molar-refractivity contribution in [3.05, 3.63) is 34.6 Å². The molecule has 0 N–H and O–H groups in total. The molecule has 8 heteroatoms. The quantitative estimate of drug-likeness (QED) is 0.423. The minimum Gasteiger partial charge on any atom is -0.382 e. The summed E-state index contributed by atoms with van der Waals surface area (Å²) >= 11 is 1.35. The lowest BCUT2D eigenvalue weighted by molar-refractivity contribution is -0.116. The largest absolute Gasteiger partial charge is 0.382 e. The van der Waals surface area contributed by atoms with E-state index in [9.17, 15) is 9.59 Å². The van der Waals surface area contributed by atoms with E-state index >= 15 is 0 Å². The van der Waals surface area contributed by atoms with Gasteiger partial charge in [0.2, 0.25) is 5.78 Å². The summed E-state index contributed by atoms with van der Waals surface area (Å²) in [6.07, 6.45) is 1.21. The Hall–Kier alpha value is -2.19. The second-order valence-electron chi connectivity index (χ2n) is 5.82. The molecule has 0 bridgehead atoms. The molecule has 1 aromatic carbocycles. The third-order valence-electron chi connectivity index (χ3n) is 4.11. The number of fused-ring (bicyclic) bond motifs is 3. The van der Waals surface area contributed by atoms with Crippen molar-refractivity contribution in [3.8, 4) is 0 Å². The monoisotopic (exact) mass is 374 g/mol. The van der Waals surface area contributed by atoms with Crippen LogP contribution in [0.4, 0.5) is 0 Å². The number of ketones is 1. The molecule has 0 saturated carbocycles. The number of aromatic nitrogens is 4. The van der Waals surface area contributed by atoms with Crippen LogP contribution >= 0.6 is 11.8 Å². The van der Waals surface area contributed by atoms with E-state index in [0.717, 1.165) is 5.52 Å². The van der Waals surface area contributed by atoms with Crippen LogP contribution in [0.1, 0.15) is 26.7 Å².